The molecule has 0 bridgehead atoms. The van der Waals surface area contributed by atoms with E-state index >= 15 is 0 Å². The largest absolute Gasteiger partial charge is 0.392 e. The normalized spacial score (nSPS) is 17.9. The lowest BCUT2D eigenvalue weighted by Gasteiger charge is -2.32. The van der Waals surface area contributed by atoms with E-state index in [0.29, 0.717) is 24.1 Å². The van der Waals surface area contributed by atoms with Gasteiger partial charge in [-0.3, -0.25) is 14.5 Å². The summed E-state index contributed by atoms with van der Waals surface area (Å²) in [6.07, 6.45) is 1.95. The molecule has 0 spiro atoms. The van der Waals surface area contributed by atoms with Gasteiger partial charge in [-0.15, -0.1) is 0 Å². The molecule has 0 radical (unpaired) electrons. The molecule has 1 saturated heterocycles. The zero-order valence-corrected chi connectivity index (χ0v) is 17.0. The summed E-state index contributed by atoms with van der Waals surface area (Å²) in [4.78, 5) is 35.5. The Morgan fingerprint density at radius 1 is 1.30 bits per heavy atom. The fourth-order valence-corrected chi connectivity index (χ4v) is 4.02. The fourth-order valence-electron chi connectivity index (χ4n) is 4.02. The summed E-state index contributed by atoms with van der Waals surface area (Å²) in [5.74, 6) is -0.00538. The monoisotopic (exact) mass is 406 g/mol. The molecule has 0 aliphatic carbocycles. The first kappa shape index (κ1) is 20.3. The summed E-state index contributed by atoms with van der Waals surface area (Å²) < 4.78 is 0. The van der Waals surface area contributed by atoms with Gasteiger partial charge in [-0.05, 0) is 29.7 Å². The maximum atomic E-state index is 13.1. The Balaban J connectivity index is 1.53. The van der Waals surface area contributed by atoms with Crippen LogP contribution in [0.3, 0.4) is 0 Å². The third-order valence-electron chi connectivity index (χ3n) is 5.72. The lowest BCUT2D eigenvalue weighted by molar-refractivity contribution is -0.131. The van der Waals surface area contributed by atoms with Gasteiger partial charge < -0.3 is 15.0 Å². The van der Waals surface area contributed by atoms with Crippen molar-refractivity contribution in [2.75, 3.05) is 26.7 Å². The predicted octanol–water partition coefficient (Wildman–Crippen LogP) is 1.73. The summed E-state index contributed by atoms with van der Waals surface area (Å²) in [5, 5.41) is 9.88. The average Bonchev–Trinajstić information content (AvgIpc) is 3.16. The van der Waals surface area contributed by atoms with Crippen LogP contribution < -0.4 is 5.56 Å². The van der Waals surface area contributed by atoms with Crippen molar-refractivity contribution >= 4 is 16.9 Å². The maximum absolute atomic E-state index is 13.1. The molecule has 1 aliphatic rings. The number of fused-ring (bicyclic) bond motifs is 1. The number of aromatic nitrogens is 2. The number of β-amino-alcohol motifs (C(OH)–C–C–N with tert-alkyl or cyclic N) is 1. The number of carbonyl (C=O) groups excluding carboxylic acids is 1. The maximum Gasteiger partial charge on any atom is 0.266 e. The lowest BCUT2D eigenvalue weighted by Crippen LogP contribution is -2.39. The van der Waals surface area contributed by atoms with Gasteiger partial charge in [-0.1, -0.05) is 36.4 Å². The van der Waals surface area contributed by atoms with E-state index in [-0.39, 0.29) is 30.0 Å². The number of rotatable bonds is 6. The minimum atomic E-state index is -0.296. The highest BCUT2D eigenvalue weighted by Gasteiger charge is 2.28. The molecule has 1 fully saturated rings. The van der Waals surface area contributed by atoms with E-state index in [1.807, 2.05) is 55.6 Å². The minimum absolute atomic E-state index is 0.00538. The number of likely N-dealkylation sites (N-methyl/N-ethyl adjacent to an activating group) is 1. The van der Waals surface area contributed by atoms with Crippen LogP contribution >= 0.6 is 0 Å². The summed E-state index contributed by atoms with van der Waals surface area (Å²) >= 11 is 0. The molecule has 1 unspecified atom stereocenters. The molecular weight excluding hydrogens is 380 g/mol. The fraction of sp³-hybridized carbons (Fsp3) is 0.348. The third kappa shape index (κ3) is 4.58. The summed E-state index contributed by atoms with van der Waals surface area (Å²) in [5.41, 5.74) is 2.95. The number of likely N-dealkylation sites (tertiary alicyclic amines) is 1. The van der Waals surface area contributed by atoms with Gasteiger partial charge in [-0.2, -0.15) is 0 Å². The molecule has 7 nitrogen and oxygen atoms in total. The number of hydrogen-bond donors (Lipinski definition) is 2. The predicted molar refractivity (Wildman–Crippen MR) is 115 cm³/mol. The van der Waals surface area contributed by atoms with E-state index in [0.717, 1.165) is 24.1 Å². The van der Waals surface area contributed by atoms with Crippen molar-refractivity contribution in [2.24, 2.45) is 0 Å². The zero-order chi connectivity index (χ0) is 21.1. The van der Waals surface area contributed by atoms with Gasteiger partial charge in [0.2, 0.25) is 5.91 Å². The standard InChI is InChI=1S/C23H26N4O3/c1-26(21(17-5-3-2-4-6-17)15-27-10-9-18(28)14-27)23(30)12-16-7-8-19-20(11-16)25-22(29)13-24-19/h2-8,11,13,18,21,28H,9-10,12,14-15H2,1H3,(H,25,29)/t18?,21-/m1/s1. The Morgan fingerprint density at radius 2 is 2.10 bits per heavy atom. The van der Waals surface area contributed by atoms with Crippen LogP contribution in [-0.2, 0) is 11.2 Å². The van der Waals surface area contributed by atoms with Gasteiger partial charge in [0.25, 0.3) is 5.56 Å². The van der Waals surface area contributed by atoms with Gasteiger partial charge >= 0.3 is 0 Å². The highest BCUT2D eigenvalue weighted by Crippen LogP contribution is 2.24. The molecule has 0 saturated carbocycles. The van der Waals surface area contributed by atoms with Gasteiger partial charge in [-0.25, -0.2) is 4.98 Å². The van der Waals surface area contributed by atoms with Crippen molar-refractivity contribution in [3.63, 3.8) is 0 Å². The summed E-state index contributed by atoms with van der Waals surface area (Å²) in [6.45, 7) is 2.15. The number of hydrogen-bond acceptors (Lipinski definition) is 5. The van der Waals surface area contributed by atoms with E-state index in [9.17, 15) is 14.7 Å². The second-order valence-electron chi connectivity index (χ2n) is 7.91. The highest BCUT2D eigenvalue weighted by atomic mass is 16.3. The number of amides is 1. The number of aliphatic hydroxyl groups excluding tert-OH is 1. The van der Waals surface area contributed by atoms with E-state index in [4.69, 9.17) is 0 Å². The van der Waals surface area contributed by atoms with Gasteiger partial charge in [0.15, 0.2) is 0 Å². The summed E-state index contributed by atoms with van der Waals surface area (Å²) in [7, 11) is 1.83. The van der Waals surface area contributed by atoms with E-state index in [1.165, 1.54) is 6.20 Å². The molecule has 2 aromatic carbocycles. The van der Waals surface area contributed by atoms with Crippen molar-refractivity contribution in [2.45, 2.75) is 25.0 Å². The van der Waals surface area contributed by atoms with Crippen LogP contribution in [0.25, 0.3) is 11.0 Å². The molecule has 30 heavy (non-hydrogen) atoms. The molecule has 7 heteroatoms. The molecule has 2 N–H and O–H groups in total. The smallest absolute Gasteiger partial charge is 0.266 e. The molecule has 1 amide bonds. The topological polar surface area (TPSA) is 89.5 Å². The highest BCUT2D eigenvalue weighted by molar-refractivity contribution is 5.81. The SMILES string of the molecule is CN(C(=O)Cc1ccc2ncc(=O)[nH]c2c1)[C@H](CN1CCC(O)C1)c1ccccc1. The number of benzene rings is 2. The Kier molecular flexibility index (Phi) is 5.92. The van der Waals surface area contributed by atoms with E-state index in [2.05, 4.69) is 14.9 Å². The van der Waals surface area contributed by atoms with Gasteiger partial charge in [0.05, 0.1) is 35.8 Å². The Morgan fingerprint density at radius 3 is 2.83 bits per heavy atom. The molecule has 4 rings (SSSR count). The van der Waals surface area contributed by atoms with Gasteiger partial charge in [0, 0.05) is 26.7 Å². The number of H-pyrrole nitrogens is 1. The van der Waals surface area contributed by atoms with Crippen LogP contribution in [0.1, 0.15) is 23.6 Å². The molecule has 3 aromatic rings. The van der Waals surface area contributed by atoms with Crippen LogP contribution in [0.5, 0.6) is 0 Å². The second-order valence-corrected chi connectivity index (χ2v) is 7.91. The number of nitrogens with one attached hydrogen (secondary N) is 1. The Labute approximate surface area is 175 Å². The first-order chi connectivity index (χ1) is 14.5. The van der Waals surface area contributed by atoms with E-state index in [1.54, 1.807) is 4.90 Å². The van der Waals surface area contributed by atoms with Crippen LogP contribution in [-0.4, -0.2) is 63.6 Å². The van der Waals surface area contributed by atoms with Crippen LogP contribution in [0.4, 0.5) is 0 Å². The van der Waals surface area contributed by atoms with Crippen LogP contribution in [0, 0.1) is 0 Å². The second kappa shape index (κ2) is 8.77. The number of aliphatic hydroxyl groups is 1. The van der Waals surface area contributed by atoms with Gasteiger partial charge in [0.1, 0.15) is 0 Å². The molecular formula is C23H26N4O3. The average molecular weight is 406 g/mol. The van der Waals surface area contributed by atoms with Crippen molar-refractivity contribution < 1.29 is 9.90 Å². The number of aromatic amines is 1. The van der Waals surface area contributed by atoms with Crippen molar-refractivity contribution in [3.05, 3.63) is 76.2 Å². The van der Waals surface area contributed by atoms with Crippen molar-refractivity contribution in [1.82, 2.24) is 19.8 Å². The Hall–Kier alpha value is -3.03. The molecule has 1 aliphatic heterocycles. The quantitative estimate of drug-likeness (QED) is 0.651. The molecule has 1 aromatic heterocycles. The van der Waals surface area contributed by atoms with Crippen LogP contribution in [0.2, 0.25) is 0 Å². The third-order valence-corrected chi connectivity index (χ3v) is 5.72. The summed E-state index contributed by atoms with van der Waals surface area (Å²) in [6, 6.07) is 15.4. The van der Waals surface area contributed by atoms with Crippen LogP contribution in [0.15, 0.2) is 59.5 Å². The van der Waals surface area contributed by atoms with Crippen molar-refractivity contribution in [1.29, 1.82) is 0 Å². The number of carbonyl (C=O) groups is 1. The zero-order valence-electron chi connectivity index (χ0n) is 17.0. The first-order valence-electron chi connectivity index (χ1n) is 10.2. The number of nitrogens with zero attached hydrogens (tertiary/aromatic N) is 3. The molecule has 156 valence electrons. The minimum Gasteiger partial charge on any atom is -0.392 e. The van der Waals surface area contributed by atoms with Crippen molar-refractivity contribution in [3.8, 4) is 0 Å². The molecule has 2 atom stereocenters. The van der Waals surface area contributed by atoms with E-state index < -0.39 is 0 Å². The lowest BCUT2D eigenvalue weighted by atomic mass is 10.0. The first-order valence-corrected chi connectivity index (χ1v) is 10.2. The molecule has 2 heterocycles. The Bertz CT molecular complexity index is 1080.